The summed E-state index contributed by atoms with van der Waals surface area (Å²) in [6, 6.07) is 3.76. The predicted octanol–water partition coefficient (Wildman–Crippen LogP) is 2.04. The minimum atomic E-state index is -3.22. The number of nitrogens with zero attached hydrogens (tertiary/aromatic N) is 1. The lowest BCUT2D eigenvalue weighted by Crippen LogP contribution is -2.08. The molecule has 0 unspecified atom stereocenters. The van der Waals surface area contributed by atoms with Crippen LogP contribution in [0, 0.1) is 11.3 Å². The summed E-state index contributed by atoms with van der Waals surface area (Å²) < 4.78 is 32.9. The Balaban J connectivity index is 3.25. The first kappa shape index (κ1) is 13.7. The number of carbonyl (C=O) groups is 1. The maximum atomic E-state index is 12.1. The van der Waals surface area contributed by atoms with E-state index in [1.807, 2.05) is 0 Å². The monoisotopic (exact) mass is 257 g/mol. The average molecular weight is 257 g/mol. The van der Waals surface area contributed by atoms with Crippen molar-refractivity contribution in [2.45, 2.75) is 13.5 Å². The average Bonchev–Trinajstić information content (AvgIpc) is 2.31. The standard InChI is InChI=1S/C11H9F2NO4/c1-2-17-10(16)7-4-3-6(5-14)9(8(7)15)18-11(12)13/h3-4,11,15H,2H2,1H3. The molecule has 0 bridgehead atoms. The zero-order chi connectivity index (χ0) is 13.7. The molecule has 0 aromatic heterocycles. The molecule has 96 valence electrons. The topological polar surface area (TPSA) is 79.6 Å². The van der Waals surface area contributed by atoms with Gasteiger partial charge in [0.1, 0.15) is 11.6 Å². The summed E-state index contributed by atoms with van der Waals surface area (Å²) in [5.74, 6) is -2.47. The van der Waals surface area contributed by atoms with Crippen LogP contribution in [0.15, 0.2) is 12.1 Å². The number of ether oxygens (including phenoxy) is 2. The Bertz CT molecular complexity index is 497. The van der Waals surface area contributed by atoms with Gasteiger partial charge in [-0.2, -0.15) is 14.0 Å². The molecule has 1 rings (SSSR count). The van der Waals surface area contributed by atoms with Gasteiger partial charge in [-0.15, -0.1) is 0 Å². The quantitative estimate of drug-likeness (QED) is 0.835. The van der Waals surface area contributed by atoms with Crippen molar-refractivity contribution >= 4 is 5.97 Å². The molecule has 1 aromatic rings. The van der Waals surface area contributed by atoms with Gasteiger partial charge in [-0.3, -0.25) is 0 Å². The Labute approximate surface area is 101 Å². The zero-order valence-corrected chi connectivity index (χ0v) is 9.31. The molecule has 5 nitrogen and oxygen atoms in total. The van der Waals surface area contributed by atoms with Gasteiger partial charge in [0.15, 0.2) is 11.5 Å². The summed E-state index contributed by atoms with van der Waals surface area (Å²) in [5.41, 5.74) is -0.646. The molecule has 0 aliphatic carbocycles. The van der Waals surface area contributed by atoms with E-state index in [0.29, 0.717) is 0 Å². The second kappa shape index (κ2) is 5.82. The fraction of sp³-hybridized carbons (Fsp3) is 0.273. The molecule has 0 atom stereocenters. The van der Waals surface area contributed by atoms with Gasteiger partial charge in [-0.05, 0) is 19.1 Å². The lowest BCUT2D eigenvalue weighted by molar-refractivity contribution is -0.0515. The van der Waals surface area contributed by atoms with E-state index in [1.54, 1.807) is 13.0 Å². The van der Waals surface area contributed by atoms with Crippen LogP contribution in [-0.4, -0.2) is 24.3 Å². The minimum Gasteiger partial charge on any atom is -0.504 e. The van der Waals surface area contributed by atoms with Crippen molar-refractivity contribution in [1.29, 1.82) is 5.26 Å². The lowest BCUT2D eigenvalue weighted by Gasteiger charge is -2.11. The van der Waals surface area contributed by atoms with E-state index in [9.17, 15) is 18.7 Å². The summed E-state index contributed by atoms with van der Waals surface area (Å²) in [4.78, 5) is 11.4. The van der Waals surface area contributed by atoms with Crippen molar-refractivity contribution in [2.24, 2.45) is 0 Å². The Morgan fingerprint density at radius 1 is 1.56 bits per heavy atom. The predicted molar refractivity (Wildman–Crippen MR) is 55.4 cm³/mol. The molecule has 0 aliphatic heterocycles. The number of aromatic hydroxyl groups is 1. The molecule has 1 aromatic carbocycles. The van der Waals surface area contributed by atoms with Crippen LogP contribution in [0.4, 0.5) is 8.78 Å². The first-order chi connectivity index (χ1) is 8.51. The Kier molecular flexibility index (Phi) is 4.43. The molecular weight excluding hydrogens is 248 g/mol. The molecule has 0 fully saturated rings. The summed E-state index contributed by atoms with van der Waals surface area (Å²) in [6.07, 6.45) is 0. The van der Waals surface area contributed by atoms with E-state index in [1.165, 1.54) is 0 Å². The fourth-order valence-electron chi connectivity index (χ4n) is 1.24. The first-order valence-corrected chi connectivity index (χ1v) is 4.89. The third kappa shape index (κ3) is 2.85. The van der Waals surface area contributed by atoms with E-state index in [0.717, 1.165) is 12.1 Å². The number of esters is 1. The molecule has 0 heterocycles. The van der Waals surface area contributed by atoms with Crippen LogP contribution in [0.2, 0.25) is 0 Å². The number of carbonyl (C=O) groups excluding carboxylic acids is 1. The Morgan fingerprint density at radius 2 is 2.22 bits per heavy atom. The van der Waals surface area contributed by atoms with Crippen LogP contribution in [0.1, 0.15) is 22.8 Å². The van der Waals surface area contributed by atoms with Gasteiger partial charge in [0.25, 0.3) is 0 Å². The van der Waals surface area contributed by atoms with Crippen molar-refractivity contribution < 1.29 is 28.2 Å². The van der Waals surface area contributed by atoms with Gasteiger partial charge in [0.05, 0.1) is 12.2 Å². The highest BCUT2D eigenvalue weighted by atomic mass is 19.3. The Morgan fingerprint density at radius 3 is 2.72 bits per heavy atom. The maximum absolute atomic E-state index is 12.1. The molecule has 0 saturated heterocycles. The smallest absolute Gasteiger partial charge is 0.387 e. The number of rotatable bonds is 4. The summed E-state index contributed by atoms with van der Waals surface area (Å²) >= 11 is 0. The van der Waals surface area contributed by atoms with Crippen molar-refractivity contribution in [1.82, 2.24) is 0 Å². The molecule has 0 amide bonds. The zero-order valence-electron chi connectivity index (χ0n) is 9.31. The number of phenolic OH excluding ortho intramolecular Hbond substituents is 1. The third-order valence-electron chi connectivity index (χ3n) is 1.95. The van der Waals surface area contributed by atoms with Gasteiger partial charge in [0, 0.05) is 0 Å². The van der Waals surface area contributed by atoms with Gasteiger partial charge in [-0.25, -0.2) is 4.79 Å². The van der Waals surface area contributed by atoms with Crippen LogP contribution in [0.25, 0.3) is 0 Å². The van der Waals surface area contributed by atoms with Gasteiger partial charge >= 0.3 is 12.6 Å². The number of nitriles is 1. The SMILES string of the molecule is CCOC(=O)c1ccc(C#N)c(OC(F)F)c1O. The largest absolute Gasteiger partial charge is 0.504 e. The van der Waals surface area contributed by atoms with E-state index >= 15 is 0 Å². The highest BCUT2D eigenvalue weighted by molar-refractivity contribution is 5.93. The minimum absolute atomic E-state index is 0.0588. The molecule has 0 radical (unpaired) electrons. The highest BCUT2D eigenvalue weighted by Crippen LogP contribution is 2.35. The molecule has 1 N–H and O–H groups in total. The normalized spacial score (nSPS) is 9.94. The molecule has 18 heavy (non-hydrogen) atoms. The number of hydrogen-bond donors (Lipinski definition) is 1. The maximum Gasteiger partial charge on any atom is 0.387 e. The first-order valence-electron chi connectivity index (χ1n) is 4.89. The number of benzene rings is 1. The lowest BCUT2D eigenvalue weighted by atomic mass is 10.1. The molecular formula is C11H9F2NO4. The number of alkyl halides is 2. The molecule has 0 spiro atoms. The van der Waals surface area contributed by atoms with E-state index < -0.39 is 24.1 Å². The summed E-state index contributed by atoms with van der Waals surface area (Å²) in [5, 5.41) is 18.3. The molecule has 0 saturated carbocycles. The fourth-order valence-corrected chi connectivity index (χ4v) is 1.24. The van der Waals surface area contributed by atoms with Crippen LogP contribution in [0.5, 0.6) is 11.5 Å². The number of hydrogen-bond acceptors (Lipinski definition) is 5. The van der Waals surface area contributed by atoms with Crippen molar-refractivity contribution in [3.63, 3.8) is 0 Å². The van der Waals surface area contributed by atoms with Gasteiger partial charge < -0.3 is 14.6 Å². The van der Waals surface area contributed by atoms with Crippen molar-refractivity contribution in [3.05, 3.63) is 23.3 Å². The van der Waals surface area contributed by atoms with E-state index in [-0.39, 0.29) is 17.7 Å². The second-order valence-corrected chi connectivity index (χ2v) is 3.05. The highest BCUT2D eigenvalue weighted by Gasteiger charge is 2.22. The summed E-state index contributed by atoms with van der Waals surface area (Å²) in [7, 11) is 0. The molecule has 0 aliphatic rings. The van der Waals surface area contributed by atoms with Crippen molar-refractivity contribution in [2.75, 3.05) is 6.61 Å². The van der Waals surface area contributed by atoms with Crippen LogP contribution in [0.3, 0.4) is 0 Å². The molecule has 7 heteroatoms. The Hall–Kier alpha value is -2.36. The van der Waals surface area contributed by atoms with Gasteiger partial charge in [0.2, 0.25) is 0 Å². The third-order valence-corrected chi connectivity index (χ3v) is 1.95. The summed E-state index contributed by atoms with van der Waals surface area (Å²) in [6.45, 7) is -1.61. The van der Waals surface area contributed by atoms with Crippen LogP contribution < -0.4 is 4.74 Å². The second-order valence-electron chi connectivity index (χ2n) is 3.05. The van der Waals surface area contributed by atoms with Crippen LogP contribution in [-0.2, 0) is 4.74 Å². The van der Waals surface area contributed by atoms with Gasteiger partial charge in [-0.1, -0.05) is 0 Å². The number of halogens is 2. The number of phenols is 1. The van der Waals surface area contributed by atoms with Crippen LogP contribution >= 0.6 is 0 Å². The van der Waals surface area contributed by atoms with E-state index in [4.69, 9.17) is 5.26 Å². The van der Waals surface area contributed by atoms with Crippen molar-refractivity contribution in [3.8, 4) is 17.6 Å². The van der Waals surface area contributed by atoms with E-state index in [2.05, 4.69) is 9.47 Å².